The molecule has 1 atom stereocenters. The number of rotatable bonds is 4. The van der Waals surface area contributed by atoms with E-state index in [2.05, 4.69) is 37.7 Å². The molecular formula is C15H24N2O3S. The van der Waals surface area contributed by atoms with Gasteiger partial charge in [0.25, 0.3) is 0 Å². The summed E-state index contributed by atoms with van der Waals surface area (Å²) in [4.78, 5) is 0. The molecule has 1 fully saturated rings. The summed E-state index contributed by atoms with van der Waals surface area (Å²) in [6, 6.07) is 7.44. The lowest BCUT2D eigenvalue weighted by Gasteiger charge is -2.28. The van der Waals surface area contributed by atoms with Crippen LogP contribution in [-0.2, 0) is 14.8 Å². The van der Waals surface area contributed by atoms with Gasteiger partial charge in [-0.2, -0.15) is 0 Å². The molecule has 1 aromatic rings. The maximum Gasteiger partial charge on any atom is 0.229 e. The van der Waals surface area contributed by atoms with Crippen LogP contribution in [0, 0.1) is 0 Å². The van der Waals surface area contributed by atoms with Crippen LogP contribution in [0.3, 0.4) is 0 Å². The molecular weight excluding hydrogens is 288 g/mol. The topological polar surface area (TPSA) is 67.4 Å². The van der Waals surface area contributed by atoms with Crippen LogP contribution in [0.15, 0.2) is 24.3 Å². The van der Waals surface area contributed by atoms with Crippen molar-refractivity contribution in [3.8, 4) is 0 Å². The monoisotopic (exact) mass is 312 g/mol. The van der Waals surface area contributed by atoms with E-state index in [1.165, 1.54) is 0 Å². The number of anilines is 2. The quantitative estimate of drug-likeness (QED) is 0.897. The molecule has 1 heterocycles. The first-order valence-corrected chi connectivity index (χ1v) is 8.91. The normalized spacial score (nSPS) is 23.8. The first-order chi connectivity index (χ1) is 9.47. The first kappa shape index (κ1) is 16.1. The third-order valence-electron chi connectivity index (χ3n) is 3.58. The van der Waals surface area contributed by atoms with Gasteiger partial charge in [0.1, 0.15) is 0 Å². The molecule has 1 aliphatic rings. The lowest BCUT2D eigenvalue weighted by Crippen LogP contribution is -2.38. The Kier molecular flexibility index (Phi) is 3.97. The highest BCUT2D eigenvalue weighted by atomic mass is 32.2. The van der Waals surface area contributed by atoms with E-state index in [-0.39, 0.29) is 17.2 Å². The van der Waals surface area contributed by atoms with Gasteiger partial charge in [-0.1, -0.05) is 6.07 Å². The van der Waals surface area contributed by atoms with Crippen molar-refractivity contribution in [2.75, 3.05) is 16.3 Å². The molecule has 0 spiro atoms. The molecule has 0 saturated carbocycles. The Bertz CT molecular complexity index is 624. The summed E-state index contributed by atoms with van der Waals surface area (Å²) < 4.78 is 31.1. The fourth-order valence-electron chi connectivity index (χ4n) is 2.87. The van der Waals surface area contributed by atoms with Crippen LogP contribution in [0.1, 0.15) is 34.1 Å². The van der Waals surface area contributed by atoms with Crippen LogP contribution in [0.25, 0.3) is 0 Å². The number of hydrogen-bond acceptors (Lipinski definition) is 4. The van der Waals surface area contributed by atoms with E-state index in [4.69, 9.17) is 4.74 Å². The Morgan fingerprint density at radius 3 is 2.33 bits per heavy atom. The zero-order valence-electron chi connectivity index (χ0n) is 13.2. The zero-order valence-corrected chi connectivity index (χ0v) is 14.0. The minimum absolute atomic E-state index is 0.163. The predicted octanol–water partition coefficient (Wildman–Crippen LogP) is 2.82. The highest BCUT2D eigenvalue weighted by molar-refractivity contribution is 7.92. The SMILES string of the molecule is CC1(C)CC(Nc2cccc(NS(C)(=O)=O)c2)C(C)(C)O1. The van der Waals surface area contributed by atoms with E-state index in [0.717, 1.165) is 18.4 Å². The third kappa shape index (κ3) is 4.35. The van der Waals surface area contributed by atoms with Gasteiger partial charge in [0.15, 0.2) is 0 Å². The summed E-state index contributed by atoms with van der Waals surface area (Å²) in [5.74, 6) is 0. The van der Waals surface area contributed by atoms with E-state index >= 15 is 0 Å². The largest absolute Gasteiger partial charge is 0.379 e. The van der Waals surface area contributed by atoms with E-state index in [9.17, 15) is 8.42 Å². The molecule has 1 unspecified atom stereocenters. The Hall–Kier alpha value is -1.27. The van der Waals surface area contributed by atoms with E-state index in [1.54, 1.807) is 12.1 Å². The third-order valence-corrected chi connectivity index (χ3v) is 4.19. The average molecular weight is 312 g/mol. The molecule has 2 rings (SSSR count). The Balaban J connectivity index is 2.15. The van der Waals surface area contributed by atoms with Crippen LogP contribution in [0.5, 0.6) is 0 Å². The molecule has 1 aliphatic heterocycles. The summed E-state index contributed by atoms with van der Waals surface area (Å²) in [5, 5.41) is 3.45. The van der Waals surface area contributed by atoms with Crippen molar-refractivity contribution in [1.29, 1.82) is 0 Å². The van der Waals surface area contributed by atoms with Gasteiger partial charge in [0, 0.05) is 5.69 Å². The number of nitrogens with one attached hydrogen (secondary N) is 2. The molecule has 0 bridgehead atoms. The summed E-state index contributed by atoms with van der Waals surface area (Å²) in [6.07, 6.45) is 2.03. The minimum atomic E-state index is -3.27. The van der Waals surface area contributed by atoms with Crippen LogP contribution in [0.2, 0.25) is 0 Å². The number of sulfonamides is 1. The van der Waals surface area contributed by atoms with Crippen molar-refractivity contribution in [2.24, 2.45) is 0 Å². The molecule has 0 amide bonds. The van der Waals surface area contributed by atoms with Gasteiger partial charge in [0.05, 0.1) is 29.2 Å². The van der Waals surface area contributed by atoms with Crippen LogP contribution < -0.4 is 10.0 Å². The highest BCUT2D eigenvalue weighted by Gasteiger charge is 2.45. The summed E-state index contributed by atoms with van der Waals surface area (Å²) in [7, 11) is -3.27. The summed E-state index contributed by atoms with van der Waals surface area (Å²) >= 11 is 0. The fourth-order valence-corrected chi connectivity index (χ4v) is 3.43. The van der Waals surface area contributed by atoms with Gasteiger partial charge >= 0.3 is 0 Å². The molecule has 1 saturated heterocycles. The van der Waals surface area contributed by atoms with Gasteiger partial charge in [-0.05, 0) is 52.3 Å². The second kappa shape index (κ2) is 5.18. The van der Waals surface area contributed by atoms with Crippen LogP contribution >= 0.6 is 0 Å². The van der Waals surface area contributed by atoms with E-state index in [0.29, 0.717) is 5.69 Å². The van der Waals surface area contributed by atoms with Gasteiger partial charge in [-0.25, -0.2) is 8.42 Å². The van der Waals surface area contributed by atoms with Crippen molar-refractivity contribution in [3.05, 3.63) is 24.3 Å². The Morgan fingerprint density at radius 1 is 1.19 bits per heavy atom. The molecule has 1 aromatic carbocycles. The van der Waals surface area contributed by atoms with E-state index < -0.39 is 10.0 Å². The average Bonchev–Trinajstić information content (AvgIpc) is 2.44. The first-order valence-electron chi connectivity index (χ1n) is 7.01. The molecule has 21 heavy (non-hydrogen) atoms. The molecule has 118 valence electrons. The van der Waals surface area contributed by atoms with E-state index in [1.807, 2.05) is 12.1 Å². The van der Waals surface area contributed by atoms with Crippen LogP contribution in [-0.4, -0.2) is 31.9 Å². The van der Waals surface area contributed by atoms with Crippen LogP contribution in [0.4, 0.5) is 11.4 Å². The standard InChI is InChI=1S/C15H24N2O3S/c1-14(2)10-13(15(3,4)20-14)16-11-7-6-8-12(9-11)17-21(5,18)19/h6-9,13,16-17H,10H2,1-5H3. The van der Waals surface area contributed by atoms with Gasteiger partial charge in [-0.15, -0.1) is 0 Å². The molecule has 0 aliphatic carbocycles. The van der Waals surface area contributed by atoms with Crippen molar-refractivity contribution in [3.63, 3.8) is 0 Å². The van der Waals surface area contributed by atoms with Crippen molar-refractivity contribution < 1.29 is 13.2 Å². The van der Waals surface area contributed by atoms with Gasteiger partial charge in [0.2, 0.25) is 10.0 Å². The Morgan fingerprint density at radius 2 is 1.81 bits per heavy atom. The highest BCUT2D eigenvalue weighted by Crippen LogP contribution is 2.39. The minimum Gasteiger partial charge on any atom is -0.379 e. The Labute approximate surface area is 127 Å². The second-order valence-corrected chi connectivity index (χ2v) is 8.57. The molecule has 2 N–H and O–H groups in total. The predicted molar refractivity (Wildman–Crippen MR) is 86.2 cm³/mol. The number of hydrogen-bond donors (Lipinski definition) is 2. The second-order valence-electron chi connectivity index (χ2n) is 6.82. The van der Waals surface area contributed by atoms with Crippen molar-refractivity contribution >= 4 is 21.4 Å². The van der Waals surface area contributed by atoms with Crippen molar-refractivity contribution in [1.82, 2.24) is 0 Å². The molecule has 0 radical (unpaired) electrons. The maximum atomic E-state index is 11.3. The molecule has 5 nitrogen and oxygen atoms in total. The van der Waals surface area contributed by atoms with Gasteiger partial charge < -0.3 is 10.1 Å². The van der Waals surface area contributed by atoms with Gasteiger partial charge in [-0.3, -0.25) is 4.72 Å². The lowest BCUT2D eigenvalue weighted by molar-refractivity contribution is -0.0662. The van der Waals surface area contributed by atoms with Crippen molar-refractivity contribution in [2.45, 2.75) is 51.4 Å². The summed E-state index contributed by atoms with van der Waals surface area (Å²) in [5.41, 5.74) is 0.995. The smallest absolute Gasteiger partial charge is 0.229 e. The number of benzene rings is 1. The molecule has 0 aromatic heterocycles. The zero-order chi connectivity index (χ0) is 15.9. The maximum absolute atomic E-state index is 11.3. The summed E-state index contributed by atoms with van der Waals surface area (Å²) in [6.45, 7) is 8.30. The molecule has 6 heteroatoms. The fraction of sp³-hybridized carbons (Fsp3) is 0.600. The lowest BCUT2D eigenvalue weighted by atomic mass is 9.94. The number of ether oxygens (including phenoxy) is 1.